The Balaban J connectivity index is 1.32. The van der Waals surface area contributed by atoms with Gasteiger partial charge in [0.15, 0.2) is 5.82 Å². The second-order valence-electron chi connectivity index (χ2n) is 8.54. The molecule has 3 aromatic rings. The fraction of sp³-hybridized carbons (Fsp3) is 0.375. The first-order valence-electron chi connectivity index (χ1n) is 11.3. The normalized spacial score (nSPS) is 20.2. The van der Waals surface area contributed by atoms with Crippen LogP contribution in [0.4, 0.5) is 23.7 Å². The maximum Gasteiger partial charge on any atom is 0.573 e. The van der Waals surface area contributed by atoms with Gasteiger partial charge < -0.3 is 19.1 Å². The molecule has 1 saturated heterocycles. The average molecular weight is 505 g/mol. The van der Waals surface area contributed by atoms with E-state index in [0.29, 0.717) is 29.2 Å². The van der Waals surface area contributed by atoms with Crippen molar-refractivity contribution >= 4 is 11.8 Å². The Kier molecular flexibility index (Phi) is 7.45. The first kappa shape index (κ1) is 25.5. The first-order chi connectivity index (χ1) is 17.1. The maximum absolute atomic E-state index is 12.3. The van der Waals surface area contributed by atoms with E-state index in [1.165, 1.54) is 35.3 Å². The summed E-state index contributed by atoms with van der Waals surface area (Å²) in [6.45, 7) is 1.96. The van der Waals surface area contributed by atoms with E-state index in [1.54, 1.807) is 24.3 Å². The van der Waals surface area contributed by atoms with Crippen LogP contribution in [0.1, 0.15) is 19.8 Å². The highest BCUT2D eigenvalue weighted by atomic mass is 19.4. The fourth-order valence-corrected chi connectivity index (χ4v) is 3.99. The molecule has 2 heterocycles. The minimum absolute atomic E-state index is 0.0516. The van der Waals surface area contributed by atoms with E-state index in [1.807, 2.05) is 21.0 Å². The summed E-state index contributed by atoms with van der Waals surface area (Å²) < 4.78 is 53.5. The van der Waals surface area contributed by atoms with Gasteiger partial charge in [0.25, 0.3) is 0 Å². The zero-order chi connectivity index (χ0) is 25.9. The van der Waals surface area contributed by atoms with E-state index >= 15 is 0 Å². The van der Waals surface area contributed by atoms with Crippen molar-refractivity contribution in [3.05, 3.63) is 54.9 Å². The zero-order valence-corrected chi connectivity index (χ0v) is 19.9. The van der Waals surface area contributed by atoms with Gasteiger partial charge in [-0.15, -0.1) is 18.3 Å². The molecule has 1 aliphatic heterocycles. The van der Waals surface area contributed by atoms with Crippen LogP contribution in [0.25, 0.3) is 17.1 Å². The topological polar surface area (TPSA) is 90.7 Å². The largest absolute Gasteiger partial charge is 0.573 e. The number of likely N-dealkylation sites (N-methyl/N-ethyl adjacent to an activating group) is 1. The second kappa shape index (κ2) is 10.5. The van der Waals surface area contributed by atoms with Crippen LogP contribution in [-0.4, -0.2) is 64.7 Å². The number of halogens is 3. The van der Waals surface area contributed by atoms with Gasteiger partial charge in [-0.25, -0.2) is 14.5 Å². The lowest BCUT2D eigenvalue weighted by atomic mass is 10.0. The summed E-state index contributed by atoms with van der Waals surface area (Å²) in [7, 11) is 3.99. The van der Waals surface area contributed by atoms with Gasteiger partial charge in [0.1, 0.15) is 12.1 Å². The monoisotopic (exact) mass is 505 g/mol. The molecule has 2 aromatic carbocycles. The molecule has 1 N–H and O–H groups in total. The molecule has 1 fully saturated rings. The summed E-state index contributed by atoms with van der Waals surface area (Å²) in [6.07, 6.45) is -3.08. The molecule has 0 spiro atoms. The van der Waals surface area contributed by atoms with Crippen LogP contribution in [0.15, 0.2) is 54.9 Å². The number of aromatic nitrogens is 3. The number of carbonyl (C=O) groups excluding carboxylic acids is 1. The third-order valence-electron chi connectivity index (χ3n) is 5.72. The van der Waals surface area contributed by atoms with Gasteiger partial charge in [-0.05, 0) is 76.0 Å². The predicted octanol–water partition coefficient (Wildman–Crippen LogP) is 4.84. The number of amides is 1. The summed E-state index contributed by atoms with van der Waals surface area (Å²) in [6, 6.07) is 12.4. The van der Waals surface area contributed by atoms with Gasteiger partial charge >= 0.3 is 12.5 Å². The molecule has 1 aliphatic rings. The smallest absolute Gasteiger partial charge is 0.419 e. The van der Waals surface area contributed by atoms with Crippen LogP contribution in [-0.2, 0) is 9.47 Å². The Bertz CT molecular complexity index is 1170. The van der Waals surface area contributed by atoms with Gasteiger partial charge in [0.2, 0.25) is 6.29 Å². The van der Waals surface area contributed by atoms with Crippen molar-refractivity contribution < 1.29 is 32.2 Å². The van der Waals surface area contributed by atoms with Crippen molar-refractivity contribution in [2.24, 2.45) is 0 Å². The number of alkyl halides is 3. The Labute approximate surface area is 205 Å². The summed E-state index contributed by atoms with van der Waals surface area (Å²) in [5.41, 5.74) is 1.72. The fourth-order valence-electron chi connectivity index (χ4n) is 3.99. The van der Waals surface area contributed by atoms with Crippen molar-refractivity contribution in [3.63, 3.8) is 0 Å². The summed E-state index contributed by atoms with van der Waals surface area (Å²) in [4.78, 5) is 18.6. The zero-order valence-electron chi connectivity index (χ0n) is 19.9. The van der Waals surface area contributed by atoms with Crippen LogP contribution in [0, 0.1) is 0 Å². The third-order valence-corrected chi connectivity index (χ3v) is 5.72. The van der Waals surface area contributed by atoms with E-state index < -0.39 is 18.7 Å². The van der Waals surface area contributed by atoms with E-state index in [9.17, 15) is 18.0 Å². The molecule has 192 valence electrons. The Morgan fingerprint density at radius 2 is 1.81 bits per heavy atom. The van der Waals surface area contributed by atoms with Crippen LogP contribution in [0.5, 0.6) is 5.75 Å². The van der Waals surface area contributed by atoms with Crippen LogP contribution >= 0.6 is 0 Å². The number of nitrogens with zero attached hydrogens (tertiary/aromatic N) is 4. The van der Waals surface area contributed by atoms with E-state index in [0.717, 1.165) is 6.42 Å². The molecule has 0 bridgehead atoms. The van der Waals surface area contributed by atoms with Gasteiger partial charge in [-0.1, -0.05) is 0 Å². The van der Waals surface area contributed by atoms with Crippen LogP contribution in [0.3, 0.4) is 0 Å². The van der Waals surface area contributed by atoms with Gasteiger partial charge in [-0.3, -0.25) is 5.32 Å². The summed E-state index contributed by atoms with van der Waals surface area (Å²) in [5.74, 6) is 0.0790. The Morgan fingerprint density at radius 3 is 2.42 bits per heavy atom. The maximum atomic E-state index is 12.3. The van der Waals surface area contributed by atoms with Gasteiger partial charge in [0.05, 0.1) is 11.8 Å². The molecular formula is C24H26F3N5O4. The lowest BCUT2D eigenvalue weighted by Gasteiger charge is -2.37. The number of anilines is 1. The number of hydrogen-bond donors (Lipinski definition) is 1. The van der Waals surface area contributed by atoms with E-state index in [2.05, 4.69) is 25.0 Å². The molecule has 12 heteroatoms. The number of ether oxygens (including phenoxy) is 3. The second-order valence-corrected chi connectivity index (χ2v) is 8.54. The van der Waals surface area contributed by atoms with Crippen LogP contribution in [0.2, 0.25) is 0 Å². The van der Waals surface area contributed by atoms with Crippen LogP contribution < -0.4 is 10.1 Å². The lowest BCUT2D eigenvalue weighted by molar-refractivity contribution is -0.274. The standard InChI is InChI=1S/C24H26F3N5O4/c1-15-20(31(2)3)12-13-21(34-15)35-23(33)29-17-6-4-16(5-7-17)22-28-14-32(30-22)18-8-10-19(11-9-18)36-24(25,26)27/h4-11,14-15,20-21H,12-13H2,1-3H3,(H,29,33)/t15-,20+,21-/m1/s1. The third kappa shape index (κ3) is 6.52. The summed E-state index contributed by atoms with van der Waals surface area (Å²) >= 11 is 0. The molecule has 1 amide bonds. The number of benzene rings is 2. The molecule has 9 nitrogen and oxygen atoms in total. The first-order valence-corrected chi connectivity index (χ1v) is 11.3. The summed E-state index contributed by atoms with van der Waals surface area (Å²) in [5, 5.41) is 7.04. The molecule has 36 heavy (non-hydrogen) atoms. The van der Waals surface area contributed by atoms with Gasteiger partial charge in [-0.2, -0.15) is 0 Å². The van der Waals surface area contributed by atoms with Gasteiger partial charge in [0, 0.05) is 23.7 Å². The number of rotatable bonds is 6. The molecule has 4 rings (SSSR count). The van der Waals surface area contributed by atoms with Crippen molar-refractivity contribution in [2.75, 3.05) is 19.4 Å². The molecule has 0 aliphatic carbocycles. The molecule has 0 unspecified atom stereocenters. The molecular weight excluding hydrogens is 479 g/mol. The Hall–Kier alpha value is -3.64. The average Bonchev–Trinajstić information content (AvgIpc) is 3.29. The minimum Gasteiger partial charge on any atom is -0.419 e. The quantitative estimate of drug-likeness (QED) is 0.513. The highest BCUT2D eigenvalue weighted by molar-refractivity contribution is 5.85. The van der Waals surface area contributed by atoms with Crippen molar-refractivity contribution in [1.82, 2.24) is 19.7 Å². The van der Waals surface area contributed by atoms with Crippen molar-refractivity contribution in [2.45, 2.75) is 44.6 Å². The minimum atomic E-state index is -4.75. The molecule has 1 aromatic heterocycles. The SMILES string of the molecule is C[C@H]1O[C@H](OC(=O)Nc2ccc(-c3ncn(-c4ccc(OC(F)(F)F)cc4)n3)cc2)CC[C@@H]1N(C)C. The Morgan fingerprint density at radius 1 is 1.11 bits per heavy atom. The number of hydrogen-bond acceptors (Lipinski definition) is 7. The highest BCUT2D eigenvalue weighted by Gasteiger charge is 2.32. The molecule has 0 saturated carbocycles. The van der Waals surface area contributed by atoms with Crippen molar-refractivity contribution in [1.29, 1.82) is 0 Å². The highest BCUT2D eigenvalue weighted by Crippen LogP contribution is 2.25. The predicted molar refractivity (Wildman–Crippen MR) is 125 cm³/mol. The number of nitrogens with one attached hydrogen (secondary N) is 1. The molecule has 3 atom stereocenters. The van der Waals surface area contributed by atoms with E-state index in [-0.39, 0.29) is 17.9 Å². The van der Waals surface area contributed by atoms with E-state index in [4.69, 9.17) is 9.47 Å². The molecule has 0 radical (unpaired) electrons. The van der Waals surface area contributed by atoms with Crippen molar-refractivity contribution in [3.8, 4) is 22.8 Å². The lowest BCUT2D eigenvalue weighted by Crippen LogP contribution is -2.46. The number of carbonyl (C=O) groups is 1.